The van der Waals surface area contributed by atoms with E-state index in [2.05, 4.69) is 39.3 Å². The van der Waals surface area contributed by atoms with Crippen molar-refractivity contribution in [2.75, 3.05) is 18.0 Å². The summed E-state index contributed by atoms with van der Waals surface area (Å²) < 4.78 is 7.88. The van der Waals surface area contributed by atoms with Crippen molar-refractivity contribution < 1.29 is 19.1 Å². The van der Waals surface area contributed by atoms with Gasteiger partial charge in [0.05, 0.1) is 17.4 Å². The Hall–Kier alpha value is -4.25. The van der Waals surface area contributed by atoms with E-state index in [4.69, 9.17) is 4.74 Å². The van der Waals surface area contributed by atoms with Gasteiger partial charge in [-0.3, -0.25) is 14.4 Å². The first kappa shape index (κ1) is 26.4. The van der Waals surface area contributed by atoms with Crippen molar-refractivity contribution in [2.45, 2.75) is 46.1 Å². The molecule has 1 aliphatic rings. The molecule has 5 rings (SSSR count). The van der Waals surface area contributed by atoms with Gasteiger partial charge in [-0.1, -0.05) is 16.6 Å². The van der Waals surface area contributed by atoms with Crippen LogP contribution < -0.4 is 9.64 Å². The van der Waals surface area contributed by atoms with Gasteiger partial charge in [0, 0.05) is 43.2 Å². The predicted molar refractivity (Wildman–Crippen MR) is 147 cm³/mol. The monoisotopic (exact) mass is 544 g/mol. The van der Waals surface area contributed by atoms with Crippen LogP contribution in [0.2, 0.25) is 0 Å². The van der Waals surface area contributed by atoms with Crippen LogP contribution in [0.3, 0.4) is 0 Å². The molecule has 0 N–H and O–H groups in total. The number of ether oxygens (including phenoxy) is 1. The van der Waals surface area contributed by atoms with Crippen molar-refractivity contribution in [2.24, 2.45) is 0 Å². The Kier molecular flexibility index (Phi) is 7.60. The summed E-state index contributed by atoms with van der Waals surface area (Å²) >= 11 is 1.24. The van der Waals surface area contributed by atoms with E-state index in [0.717, 1.165) is 30.0 Å². The minimum atomic E-state index is -0.810. The van der Waals surface area contributed by atoms with E-state index in [0.29, 0.717) is 27.0 Å². The number of benzene rings is 2. The SMILES string of the molecule is CCN(CC)c1ccc(-c2nnc(C3C(=O)CCC3=O)s2)c(OCc2cn(-c3ccc(C(C)=O)cc3)nn2)c1. The molecular formula is C28H28N6O4S. The van der Waals surface area contributed by atoms with Crippen LogP contribution in [-0.4, -0.2) is 55.6 Å². The van der Waals surface area contributed by atoms with Gasteiger partial charge in [0.1, 0.15) is 29.0 Å². The average Bonchev–Trinajstić information content (AvgIpc) is 3.69. The first-order valence-corrected chi connectivity index (χ1v) is 13.6. The molecule has 11 heteroatoms. The summed E-state index contributed by atoms with van der Waals surface area (Å²) in [6.07, 6.45) is 2.29. The van der Waals surface area contributed by atoms with E-state index in [1.807, 2.05) is 30.3 Å². The number of hydrogen-bond acceptors (Lipinski definition) is 10. The number of aromatic nitrogens is 5. The summed E-state index contributed by atoms with van der Waals surface area (Å²) in [7, 11) is 0. The van der Waals surface area contributed by atoms with E-state index in [1.54, 1.807) is 23.0 Å². The van der Waals surface area contributed by atoms with Gasteiger partial charge < -0.3 is 9.64 Å². The number of rotatable bonds is 10. The fourth-order valence-electron chi connectivity index (χ4n) is 4.53. The highest BCUT2D eigenvalue weighted by molar-refractivity contribution is 7.15. The second-order valence-electron chi connectivity index (χ2n) is 9.21. The Morgan fingerprint density at radius 2 is 1.74 bits per heavy atom. The zero-order chi connectivity index (χ0) is 27.5. The standard InChI is InChI=1S/C28H28N6O4S/c1-4-33(5-2)21-10-11-22(27-30-31-28(39-27)26-23(36)12-13-24(26)37)25(14-21)38-16-19-15-34(32-29-19)20-8-6-18(7-9-20)17(3)35/h6-11,14-15,26H,4-5,12-13,16H2,1-3H3. The molecule has 1 fully saturated rings. The summed E-state index contributed by atoms with van der Waals surface area (Å²) in [5.41, 5.74) is 3.74. The smallest absolute Gasteiger partial charge is 0.159 e. The highest BCUT2D eigenvalue weighted by Gasteiger charge is 2.37. The van der Waals surface area contributed by atoms with E-state index in [1.165, 1.54) is 18.3 Å². The minimum absolute atomic E-state index is 0.000896. The third kappa shape index (κ3) is 5.49. The van der Waals surface area contributed by atoms with Crippen LogP contribution in [0.4, 0.5) is 5.69 Å². The van der Waals surface area contributed by atoms with Crippen molar-refractivity contribution in [3.63, 3.8) is 0 Å². The molecule has 2 heterocycles. The van der Waals surface area contributed by atoms with Crippen LogP contribution in [0, 0.1) is 0 Å². The lowest BCUT2D eigenvalue weighted by molar-refractivity contribution is -0.123. The normalized spacial score (nSPS) is 13.7. The van der Waals surface area contributed by atoms with Crippen LogP contribution in [0.1, 0.15) is 60.6 Å². The van der Waals surface area contributed by atoms with Gasteiger partial charge in [-0.25, -0.2) is 4.68 Å². The summed E-state index contributed by atoms with van der Waals surface area (Å²) in [4.78, 5) is 38.3. The van der Waals surface area contributed by atoms with E-state index in [9.17, 15) is 14.4 Å². The third-order valence-electron chi connectivity index (χ3n) is 6.73. The summed E-state index contributed by atoms with van der Waals surface area (Å²) in [6.45, 7) is 7.53. The Bertz CT molecular complexity index is 1510. The van der Waals surface area contributed by atoms with E-state index < -0.39 is 5.92 Å². The van der Waals surface area contributed by atoms with E-state index in [-0.39, 0.29) is 36.8 Å². The molecule has 0 unspecified atom stereocenters. The lowest BCUT2D eigenvalue weighted by Crippen LogP contribution is -2.21. The zero-order valence-electron chi connectivity index (χ0n) is 22.0. The van der Waals surface area contributed by atoms with Crippen LogP contribution >= 0.6 is 11.3 Å². The van der Waals surface area contributed by atoms with Gasteiger partial charge in [0.25, 0.3) is 0 Å². The maximum absolute atomic E-state index is 12.3. The van der Waals surface area contributed by atoms with Crippen molar-refractivity contribution in [1.82, 2.24) is 25.2 Å². The number of Topliss-reactive ketones (excluding diaryl/α,β-unsaturated/α-hetero) is 3. The van der Waals surface area contributed by atoms with Crippen LogP contribution in [0.15, 0.2) is 48.7 Å². The van der Waals surface area contributed by atoms with Crippen LogP contribution in [0.5, 0.6) is 5.75 Å². The lowest BCUT2D eigenvalue weighted by Gasteiger charge is -2.22. The Morgan fingerprint density at radius 1 is 1.03 bits per heavy atom. The largest absolute Gasteiger partial charge is 0.486 e. The molecule has 0 atom stereocenters. The second kappa shape index (κ2) is 11.2. The van der Waals surface area contributed by atoms with Gasteiger partial charge >= 0.3 is 0 Å². The molecule has 0 amide bonds. The van der Waals surface area contributed by atoms with Gasteiger partial charge in [-0.15, -0.1) is 15.3 Å². The fraction of sp³-hybridized carbons (Fsp3) is 0.321. The van der Waals surface area contributed by atoms with Gasteiger partial charge in [0.2, 0.25) is 0 Å². The van der Waals surface area contributed by atoms with Crippen molar-refractivity contribution in [1.29, 1.82) is 0 Å². The number of hydrogen-bond donors (Lipinski definition) is 0. The highest BCUT2D eigenvalue weighted by Crippen LogP contribution is 2.39. The molecule has 1 saturated carbocycles. The maximum atomic E-state index is 12.3. The third-order valence-corrected chi connectivity index (χ3v) is 7.75. The number of ketones is 3. The summed E-state index contributed by atoms with van der Waals surface area (Å²) in [5, 5.41) is 17.9. The number of anilines is 1. The Morgan fingerprint density at radius 3 is 2.41 bits per heavy atom. The first-order chi connectivity index (χ1) is 18.9. The minimum Gasteiger partial charge on any atom is -0.486 e. The molecule has 0 radical (unpaired) electrons. The molecular weight excluding hydrogens is 516 g/mol. The molecule has 0 bridgehead atoms. The summed E-state index contributed by atoms with van der Waals surface area (Å²) in [5.74, 6) is -0.423. The van der Waals surface area contributed by atoms with Crippen molar-refractivity contribution >= 4 is 34.4 Å². The molecule has 200 valence electrons. The molecule has 0 spiro atoms. The Labute approximate surface area is 229 Å². The lowest BCUT2D eigenvalue weighted by atomic mass is 10.1. The number of carbonyl (C=O) groups excluding carboxylic acids is 3. The molecule has 0 aliphatic heterocycles. The predicted octanol–water partition coefficient (Wildman–Crippen LogP) is 4.43. The fourth-order valence-corrected chi connectivity index (χ4v) is 5.55. The van der Waals surface area contributed by atoms with Gasteiger partial charge in [-0.05, 0) is 57.2 Å². The van der Waals surface area contributed by atoms with Crippen LogP contribution in [0.25, 0.3) is 16.3 Å². The number of carbonyl (C=O) groups is 3. The quantitative estimate of drug-likeness (QED) is 0.211. The van der Waals surface area contributed by atoms with Gasteiger partial charge in [0.15, 0.2) is 22.4 Å². The zero-order valence-corrected chi connectivity index (χ0v) is 22.8. The topological polar surface area (TPSA) is 120 Å². The molecule has 0 saturated heterocycles. The molecule has 2 aromatic carbocycles. The van der Waals surface area contributed by atoms with E-state index >= 15 is 0 Å². The summed E-state index contributed by atoms with van der Waals surface area (Å²) in [6, 6.07) is 13.0. The number of nitrogens with zero attached hydrogens (tertiary/aromatic N) is 6. The van der Waals surface area contributed by atoms with Gasteiger partial charge in [-0.2, -0.15) is 0 Å². The molecule has 4 aromatic rings. The molecule has 39 heavy (non-hydrogen) atoms. The second-order valence-corrected chi connectivity index (χ2v) is 10.2. The molecule has 2 aromatic heterocycles. The van der Waals surface area contributed by atoms with Crippen molar-refractivity contribution in [3.05, 3.63) is 64.9 Å². The Balaban J connectivity index is 1.40. The van der Waals surface area contributed by atoms with Crippen LogP contribution in [-0.2, 0) is 16.2 Å². The molecule has 1 aliphatic carbocycles. The average molecular weight is 545 g/mol. The van der Waals surface area contributed by atoms with Crippen molar-refractivity contribution in [3.8, 4) is 22.0 Å². The first-order valence-electron chi connectivity index (χ1n) is 12.8. The highest BCUT2D eigenvalue weighted by atomic mass is 32.1. The molecule has 10 nitrogen and oxygen atoms in total. The maximum Gasteiger partial charge on any atom is 0.159 e.